The summed E-state index contributed by atoms with van der Waals surface area (Å²) < 4.78 is 0. The molecule has 0 radical (unpaired) electrons. The van der Waals surface area contributed by atoms with Crippen molar-refractivity contribution >= 4 is 35.8 Å². The summed E-state index contributed by atoms with van der Waals surface area (Å²) in [7, 11) is 0. The maximum atomic E-state index is 11.5. The maximum Gasteiger partial charge on any atom is 0.220 e. The third kappa shape index (κ3) is 3.97. The molecule has 6 heteroatoms. The molecule has 0 saturated carbocycles. The molecule has 0 aliphatic carbocycles. The smallest absolute Gasteiger partial charge is 0.220 e. The van der Waals surface area contributed by atoms with E-state index in [1.165, 1.54) is 0 Å². The van der Waals surface area contributed by atoms with Crippen molar-refractivity contribution in [2.45, 2.75) is 33.1 Å². The highest BCUT2D eigenvalue weighted by Gasteiger charge is 2.42. The van der Waals surface area contributed by atoms with Crippen LogP contribution in [0.3, 0.4) is 0 Å². The van der Waals surface area contributed by atoms with Crippen molar-refractivity contribution in [2.24, 2.45) is 10.4 Å². The Bertz CT molecular complexity index is 348. The first-order valence-corrected chi connectivity index (χ1v) is 6.99. The highest BCUT2D eigenvalue weighted by atomic mass is 127. The van der Waals surface area contributed by atoms with E-state index in [1.807, 2.05) is 0 Å². The predicted octanol–water partition coefficient (Wildman–Crippen LogP) is 1.19. The van der Waals surface area contributed by atoms with Gasteiger partial charge in [-0.05, 0) is 26.7 Å². The van der Waals surface area contributed by atoms with E-state index >= 15 is 0 Å². The van der Waals surface area contributed by atoms with Gasteiger partial charge in [0.15, 0.2) is 5.96 Å². The topological polar surface area (TPSA) is 56.7 Å². The van der Waals surface area contributed by atoms with E-state index in [-0.39, 0.29) is 35.3 Å². The Hall–Kier alpha value is -0.530. The summed E-state index contributed by atoms with van der Waals surface area (Å²) >= 11 is 0. The molecule has 1 amide bonds. The molecule has 1 atom stereocenters. The number of nitrogens with one attached hydrogen (secondary N) is 2. The van der Waals surface area contributed by atoms with Crippen molar-refractivity contribution in [3.8, 4) is 0 Å². The second-order valence-electron chi connectivity index (χ2n) is 5.31. The predicted molar refractivity (Wildman–Crippen MR) is 87.9 cm³/mol. The van der Waals surface area contributed by atoms with E-state index in [1.54, 1.807) is 0 Å². The monoisotopic (exact) mass is 380 g/mol. The van der Waals surface area contributed by atoms with Gasteiger partial charge in [0.05, 0.1) is 0 Å². The molecule has 19 heavy (non-hydrogen) atoms. The Kier molecular flexibility index (Phi) is 6.35. The molecule has 1 spiro atoms. The molecular weight excluding hydrogens is 355 g/mol. The SMILES string of the molecule is CCN=C(NCC)N1CCCC2(CNC(=O)C2)C1.I. The molecule has 0 aromatic rings. The fraction of sp³-hybridized carbons (Fsp3) is 0.846. The number of guanidine groups is 1. The number of hydrogen-bond acceptors (Lipinski definition) is 2. The van der Waals surface area contributed by atoms with Crippen molar-refractivity contribution in [1.82, 2.24) is 15.5 Å². The lowest BCUT2D eigenvalue weighted by atomic mass is 9.79. The van der Waals surface area contributed by atoms with Gasteiger partial charge in [-0.15, -0.1) is 24.0 Å². The fourth-order valence-electron chi connectivity index (χ4n) is 3.00. The molecule has 1 unspecified atom stereocenters. The lowest BCUT2D eigenvalue weighted by Crippen LogP contribution is -2.51. The zero-order valence-corrected chi connectivity index (χ0v) is 14.2. The fourth-order valence-corrected chi connectivity index (χ4v) is 3.00. The van der Waals surface area contributed by atoms with Gasteiger partial charge in [-0.1, -0.05) is 0 Å². The number of carbonyl (C=O) groups is 1. The number of amides is 1. The zero-order chi connectivity index (χ0) is 13.0. The van der Waals surface area contributed by atoms with Crippen LogP contribution in [0.15, 0.2) is 4.99 Å². The van der Waals surface area contributed by atoms with Gasteiger partial charge in [-0.2, -0.15) is 0 Å². The van der Waals surface area contributed by atoms with Crippen LogP contribution in [0.4, 0.5) is 0 Å². The highest BCUT2D eigenvalue weighted by molar-refractivity contribution is 14.0. The molecule has 0 aromatic carbocycles. The Morgan fingerprint density at radius 1 is 1.53 bits per heavy atom. The lowest BCUT2D eigenvalue weighted by molar-refractivity contribution is -0.119. The third-order valence-electron chi connectivity index (χ3n) is 3.80. The number of likely N-dealkylation sites (tertiary alicyclic amines) is 1. The van der Waals surface area contributed by atoms with Gasteiger partial charge < -0.3 is 15.5 Å². The van der Waals surface area contributed by atoms with Gasteiger partial charge in [-0.3, -0.25) is 9.79 Å². The van der Waals surface area contributed by atoms with E-state index in [9.17, 15) is 4.79 Å². The van der Waals surface area contributed by atoms with Crippen LogP contribution in [0, 0.1) is 5.41 Å². The van der Waals surface area contributed by atoms with Crippen LogP contribution >= 0.6 is 24.0 Å². The molecule has 2 heterocycles. The minimum absolute atomic E-state index is 0. The van der Waals surface area contributed by atoms with Crippen molar-refractivity contribution in [2.75, 3.05) is 32.7 Å². The van der Waals surface area contributed by atoms with E-state index in [0.29, 0.717) is 6.42 Å². The maximum absolute atomic E-state index is 11.5. The van der Waals surface area contributed by atoms with Crippen LogP contribution in [0.1, 0.15) is 33.1 Å². The number of rotatable bonds is 2. The highest BCUT2D eigenvalue weighted by Crippen LogP contribution is 2.35. The number of aliphatic imine (C=N–C) groups is 1. The molecule has 0 aromatic heterocycles. The first-order chi connectivity index (χ1) is 8.69. The normalized spacial score (nSPS) is 27.2. The average Bonchev–Trinajstić information content (AvgIpc) is 2.70. The van der Waals surface area contributed by atoms with E-state index < -0.39 is 0 Å². The van der Waals surface area contributed by atoms with Gasteiger partial charge >= 0.3 is 0 Å². The minimum atomic E-state index is 0. The summed E-state index contributed by atoms with van der Waals surface area (Å²) in [6.07, 6.45) is 2.96. The first kappa shape index (κ1) is 16.5. The molecule has 110 valence electrons. The van der Waals surface area contributed by atoms with Gasteiger partial charge in [0.2, 0.25) is 5.91 Å². The summed E-state index contributed by atoms with van der Waals surface area (Å²) in [5, 5.41) is 6.32. The number of hydrogen-bond donors (Lipinski definition) is 2. The Morgan fingerprint density at radius 3 is 2.89 bits per heavy atom. The largest absolute Gasteiger partial charge is 0.357 e. The average molecular weight is 380 g/mol. The quantitative estimate of drug-likeness (QED) is 0.430. The lowest BCUT2D eigenvalue weighted by Gasteiger charge is -2.40. The van der Waals surface area contributed by atoms with Crippen molar-refractivity contribution in [3.05, 3.63) is 0 Å². The standard InChI is InChI=1S/C13H24N4O.HI/c1-3-14-12(15-4-2)17-7-5-6-13(10-17)8-11(18)16-9-13;/h3-10H2,1-2H3,(H,14,15)(H,16,18);1H. The molecule has 2 rings (SSSR count). The Morgan fingerprint density at radius 2 is 2.32 bits per heavy atom. The van der Waals surface area contributed by atoms with E-state index in [2.05, 4.69) is 34.4 Å². The zero-order valence-electron chi connectivity index (χ0n) is 11.9. The van der Waals surface area contributed by atoms with Gasteiger partial charge in [0, 0.05) is 44.6 Å². The second-order valence-corrected chi connectivity index (χ2v) is 5.31. The number of halogens is 1. The molecule has 5 nitrogen and oxygen atoms in total. The summed E-state index contributed by atoms with van der Waals surface area (Å²) in [6.45, 7) is 8.64. The van der Waals surface area contributed by atoms with E-state index in [4.69, 9.17) is 0 Å². The van der Waals surface area contributed by atoms with Crippen LogP contribution in [-0.4, -0.2) is 49.5 Å². The van der Waals surface area contributed by atoms with Gasteiger partial charge in [0.25, 0.3) is 0 Å². The molecule has 0 bridgehead atoms. The molecule has 2 saturated heterocycles. The first-order valence-electron chi connectivity index (χ1n) is 6.99. The van der Waals surface area contributed by atoms with Crippen molar-refractivity contribution in [3.63, 3.8) is 0 Å². The van der Waals surface area contributed by atoms with Crippen LogP contribution in [0.5, 0.6) is 0 Å². The third-order valence-corrected chi connectivity index (χ3v) is 3.80. The van der Waals surface area contributed by atoms with Crippen molar-refractivity contribution in [1.29, 1.82) is 0 Å². The second kappa shape index (κ2) is 7.31. The molecule has 2 fully saturated rings. The molecular formula is C13H25IN4O. The Labute approximate surface area is 132 Å². The number of nitrogens with zero attached hydrogens (tertiary/aromatic N) is 2. The number of carbonyl (C=O) groups excluding carboxylic acids is 1. The van der Waals surface area contributed by atoms with Crippen LogP contribution < -0.4 is 10.6 Å². The van der Waals surface area contributed by atoms with Crippen molar-refractivity contribution < 1.29 is 4.79 Å². The molecule has 2 N–H and O–H groups in total. The van der Waals surface area contributed by atoms with Gasteiger partial charge in [-0.25, -0.2) is 0 Å². The number of piperidine rings is 1. The molecule has 2 aliphatic heterocycles. The van der Waals surface area contributed by atoms with Crippen LogP contribution in [0.2, 0.25) is 0 Å². The summed E-state index contributed by atoms with van der Waals surface area (Å²) in [6, 6.07) is 0. The van der Waals surface area contributed by atoms with Gasteiger partial charge in [0.1, 0.15) is 0 Å². The summed E-state index contributed by atoms with van der Waals surface area (Å²) in [5.74, 6) is 1.20. The van der Waals surface area contributed by atoms with Crippen LogP contribution in [-0.2, 0) is 4.79 Å². The Balaban J connectivity index is 0.00000180. The summed E-state index contributed by atoms with van der Waals surface area (Å²) in [4.78, 5) is 18.3. The summed E-state index contributed by atoms with van der Waals surface area (Å²) in [5.41, 5.74) is 0.138. The van der Waals surface area contributed by atoms with E-state index in [0.717, 1.165) is 51.5 Å². The minimum Gasteiger partial charge on any atom is -0.357 e. The van der Waals surface area contributed by atoms with Crippen LogP contribution in [0.25, 0.3) is 0 Å². The molecule has 2 aliphatic rings.